The molecule has 2 aromatic carbocycles. The number of hydrogen-bond acceptors (Lipinski definition) is 6. The van der Waals surface area contributed by atoms with E-state index < -0.39 is 5.66 Å². The number of aromatic amines is 1. The summed E-state index contributed by atoms with van der Waals surface area (Å²) in [7, 11) is 0. The third-order valence-corrected chi connectivity index (χ3v) is 8.36. The maximum Gasteiger partial charge on any atom is 0.275 e. The van der Waals surface area contributed by atoms with Gasteiger partial charge in [-0.1, -0.05) is 56.6 Å². The molecule has 1 fully saturated rings. The van der Waals surface area contributed by atoms with Gasteiger partial charge in [0.05, 0.1) is 12.6 Å². The summed E-state index contributed by atoms with van der Waals surface area (Å²) in [5, 5.41) is 16.8. The van der Waals surface area contributed by atoms with Crippen LogP contribution in [0.15, 0.2) is 53.5 Å². The third-order valence-electron chi connectivity index (χ3n) is 8.12. The van der Waals surface area contributed by atoms with E-state index in [1.807, 2.05) is 35.2 Å². The molecule has 39 heavy (non-hydrogen) atoms. The van der Waals surface area contributed by atoms with Crippen molar-refractivity contribution < 1.29 is 9.59 Å². The molecule has 0 bridgehead atoms. The Hall–Kier alpha value is -3.59. The molecule has 1 saturated carbocycles. The fourth-order valence-corrected chi connectivity index (χ4v) is 6.12. The van der Waals surface area contributed by atoms with E-state index in [0.29, 0.717) is 34.0 Å². The van der Waals surface area contributed by atoms with E-state index >= 15 is 0 Å². The van der Waals surface area contributed by atoms with Crippen LogP contribution in [0.5, 0.6) is 0 Å². The lowest BCUT2D eigenvalue weighted by Crippen LogP contribution is -2.51. The third kappa shape index (κ3) is 5.45. The lowest BCUT2D eigenvalue weighted by molar-refractivity contribution is -0.133. The molecule has 2 aliphatic rings. The predicted molar refractivity (Wildman–Crippen MR) is 149 cm³/mol. The van der Waals surface area contributed by atoms with Crippen molar-refractivity contribution in [2.24, 2.45) is 16.8 Å². The van der Waals surface area contributed by atoms with Crippen molar-refractivity contribution in [1.29, 1.82) is 0 Å². The molecule has 3 aromatic rings. The van der Waals surface area contributed by atoms with Crippen LogP contribution in [-0.4, -0.2) is 48.7 Å². The highest BCUT2D eigenvalue weighted by atomic mass is 35.5. The van der Waals surface area contributed by atoms with Crippen LogP contribution in [0.1, 0.15) is 86.2 Å². The van der Waals surface area contributed by atoms with Gasteiger partial charge < -0.3 is 10.2 Å². The molecule has 10 heteroatoms. The zero-order chi connectivity index (χ0) is 27.6. The topological polar surface area (TPSA) is 116 Å². The predicted octanol–water partition coefficient (Wildman–Crippen LogP) is 5.11. The van der Waals surface area contributed by atoms with Crippen LogP contribution in [0.3, 0.4) is 0 Å². The molecule has 0 radical (unpaired) electrons. The summed E-state index contributed by atoms with van der Waals surface area (Å²) in [6, 6.07) is 14.7. The van der Waals surface area contributed by atoms with Gasteiger partial charge in [0.15, 0.2) is 5.82 Å². The van der Waals surface area contributed by atoms with Gasteiger partial charge in [0, 0.05) is 16.1 Å². The molecule has 0 unspecified atom stereocenters. The lowest BCUT2D eigenvalue weighted by Gasteiger charge is -2.46. The number of rotatable bonds is 8. The van der Waals surface area contributed by atoms with Gasteiger partial charge in [0.1, 0.15) is 11.4 Å². The molecular formula is C29H34ClN7O2. The van der Waals surface area contributed by atoms with E-state index in [9.17, 15) is 9.59 Å². The highest BCUT2D eigenvalue weighted by molar-refractivity contribution is 6.47. The van der Waals surface area contributed by atoms with Crippen molar-refractivity contribution >= 4 is 29.1 Å². The number of carbonyl (C=O) groups is 2. The van der Waals surface area contributed by atoms with Crippen molar-refractivity contribution in [3.63, 3.8) is 0 Å². The molecule has 2 N–H and O–H groups in total. The average molecular weight is 548 g/mol. The van der Waals surface area contributed by atoms with Crippen molar-refractivity contribution in [1.82, 2.24) is 30.8 Å². The molecule has 5 rings (SSSR count). The molecule has 1 aliphatic carbocycles. The quantitative estimate of drug-likeness (QED) is 0.406. The Bertz CT molecular complexity index is 1350. The Kier molecular flexibility index (Phi) is 7.79. The maximum atomic E-state index is 14.1. The van der Waals surface area contributed by atoms with Crippen molar-refractivity contribution in [3.8, 4) is 0 Å². The van der Waals surface area contributed by atoms with Gasteiger partial charge in [-0.2, -0.15) is 0 Å². The number of amides is 2. The fourth-order valence-electron chi connectivity index (χ4n) is 5.93. The number of hydrogen-bond donors (Lipinski definition) is 2. The summed E-state index contributed by atoms with van der Waals surface area (Å²) < 4.78 is 0. The van der Waals surface area contributed by atoms with Gasteiger partial charge in [-0.05, 0) is 84.2 Å². The van der Waals surface area contributed by atoms with Gasteiger partial charge in [0.25, 0.3) is 11.8 Å². The van der Waals surface area contributed by atoms with Crippen molar-refractivity contribution in [2.45, 2.75) is 71.1 Å². The first-order valence-corrected chi connectivity index (χ1v) is 14.0. The number of H-pyrrole nitrogens is 1. The Balaban J connectivity index is 1.42. The molecule has 1 aromatic heterocycles. The van der Waals surface area contributed by atoms with Crippen LogP contribution in [-0.2, 0) is 11.3 Å². The minimum atomic E-state index is -0.581. The van der Waals surface area contributed by atoms with Crippen LogP contribution in [0.4, 0.5) is 0 Å². The summed E-state index contributed by atoms with van der Waals surface area (Å²) in [6.45, 7) is 6.84. The maximum absolute atomic E-state index is 14.1. The van der Waals surface area contributed by atoms with Gasteiger partial charge in [-0.25, -0.2) is 5.10 Å². The smallest absolute Gasteiger partial charge is 0.275 e. The monoisotopic (exact) mass is 547 g/mol. The highest BCUT2D eigenvalue weighted by Gasteiger charge is 2.51. The van der Waals surface area contributed by atoms with Crippen LogP contribution in [0.2, 0.25) is 5.02 Å². The Morgan fingerprint density at radius 2 is 1.92 bits per heavy atom. The molecule has 0 saturated heterocycles. The van der Waals surface area contributed by atoms with E-state index in [0.717, 1.165) is 43.2 Å². The van der Waals surface area contributed by atoms with Crippen LogP contribution in [0.25, 0.3) is 0 Å². The Morgan fingerprint density at radius 3 is 2.54 bits per heavy atom. The summed E-state index contributed by atoms with van der Waals surface area (Å²) in [5.74, 6) is 1.42. The average Bonchev–Trinajstić information content (AvgIpc) is 3.56. The fraction of sp³-hybridized carbons (Fsp3) is 0.448. The minimum absolute atomic E-state index is 0.0606. The zero-order valence-electron chi connectivity index (χ0n) is 22.5. The molecule has 2 heterocycles. The highest BCUT2D eigenvalue weighted by Crippen LogP contribution is 2.47. The summed E-state index contributed by atoms with van der Waals surface area (Å²) in [4.78, 5) is 34.0. The van der Waals surface area contributed by atoms with Gasteiger partial charge >= 0.3 is 0 Å². The molecule has 1 spiro atoms. The molecular weight excluding hydrogens is 514 g/mol. The SMILES string of the molecule is CC[C@H](c1ccc(C(=O)NCc2nnn[nH]2)cc1)N1C(=O)C(c2cccc(Cl)c2)=NC12CCC(C(C)C)CC2. The van der Waals surface area contributed by atoms with Crippen LogP contribution < -0.4 is 5.32 Å². The van der Waals surface area contributed by atoms with Crippen LogP contribution in [0, 0.1) is 11.8 Å². The number of benzene rings is 2. The number of aromatic nitrogens is 4. The number of tetrazole rings is 1. The summed E-state index contributed by atoms with van der Waals surface area (Å²) in [5.41, 5.74) is 2.16. The molecule has 2 amide bonds. The largest absolute Gasteiger partial charge is 0.345 e. The number of aliphatic imine (C=N–C) groups is 1. The number of halogens is 1. The van der Waals surface area contributed by atoms with E-state index in [4.69, 9.17) is 16.6 Å². The van der Waals surface area contributed by atoms with Crippen molar-refractivity contribution in [3.05, 3.63) is 76.1 Å². The van der Waals surface area contributed by atoms with Gasteiger partial charge in [-0.3, -0.25) is 14.6 Å². The lowest BCUT2D eigenvalue weighted by atomic mass is 9.76. The molecule has 204 valence electrons. The second-order valence-electron chi connectivity index (χ2n) is 10.8. The molecule has 9 nitrogen and oxygen atoms in total. The van der Waals surface area contributed by atoms with E-state index in [1.54, 1.807) is 18.2 Å². The van der Waals surface area contributed by atoms with Crippen molar-refractivity contribution in [2.75, 3.05) is 0 Å². The second-order valence-corrected chi connectivity index (χ2v) is 11.2. The first kappa shape index (κ1) is 27.0. The Morgan fingerprint density at radius 1 is 1.18 bits per heavy atom. The second kappa shape index (κ2) is 11.3. The first-order chi connectivity index (χ1) is 18.8. The first-order valence-electron chi connectivity index (χ1n) is 13.6. The summed E-state index contributed by atoms with van der Waals surface area (Å²) in [6.07, 6.45) is 4.45. The zero-order valence-corrected chi connectivity index (χ0v) is 23.3. The van der Waals surface area contributed by atoms with Gasteiger partial charge in [-0.15, -0.1) is 5.10 Å². The standard InChI is InChI=1S/C29H34ClN7O2/c1-4-24(20-8-10-21(11-9-20)27(38)31-17-25-33-35-36-34-25)37-28(39)26(22-6-5-7-23(30)16-22)32-29(37)14-12-19(13-15-29)18(2)3/h5-11,16,18-19,24H,4,12-15,17H2,1-3H3,(H,31,38)(H,33,34,35,36)/t19?,24-,29?/m1/s1. The summed E-state index contributed by atoms with van der Waals surface area (Å²) >= 11 is 6.29. The van der Waals surface area contributed by atoms with Gasteiger partial charge in [0.2, 0.25) is 0 Å². The Labute approximate surface area is 233 Å². The number of nitrogens with one attached hydrogen (secondary N) is 2. The minimum Gasteiger partial charge on any atom is -0.345 e. The molecule has 1 aliphatic heterocycles. The van der Waals surface area contributed by atoms with E-state index in [-0.39, 0.29) is 24.4 Å². The number of carbonyl (C=O) groups excluding carboxylic acids is 2. The van der Waals surface area contributed by atoms with E-state index in [2.05, 4.69) is 46.7 Å². The normalized spacial score (nSPS) is 21.9. The van der Waals surface area contributed by atoms with Crippen LogP contribution >= 0.6 is 11.6 Å². The van der Waals surface area contributed by atoms with E-state index in [1.165, 1.54) is 0 Å². The number of nitrogens with zero attached hydrogens (tertiary/aromatic N) is 5. The molecule has 1 atom stereocenters.